The molecule has 1 aliphatic rings. The normalized spacial score (nSPS) is 16.8. The van der Waals surface area contributed by atoms with Crippen molar-refractivity contribution in [3.63, 3.8) is 0 Å². The Bertz CT molecular complexity index is 1310. The Morgan fingerprint density at radius 2 is 1.65 bits per heavy atom. The van der Waals surface area contributed by atoms with E-state index < -0.39 is 17.7 Å². The monoisotopic (exact) mass is 501 g/mol. The molecule has 192 valence electrons. The number of carbonyl (C=O) groups is 2. The SMILES string of the molecule is CCOc1cccc(CN2C(=O)C(=O)/C(=C(\O)c3cccc(OC(C)C)c3)C2c2ccc(OC)cc2)c1. The summed E-state index contributed by atoms with van der Waals surface area (Å²) in [5.41, 5.74) is 1.90. The summed E-state index contributed by atoms with van der Waals surface area (Å²) in [6.45, 7) is 6.38. The zero-order chi connectivity index (χ0) is 26.5. The van der Waals surface area contributed by atoms with Crippen molar-refractivity contribution in [1.82, 2.24) is 4.90 Å². The average Bonchev–Trinajstić information content (AvgIpc) is 3.13. The minimum absolute atomic E-state index is 0.0258. The third-order valence-electron chi connectivity index (χ3n) is 6.01. The molecule has 1 fully saturated rings. The van der Waals surface area contributed by atoms with Crippen LogP contribution < -0.4 is 14.2 Å². The number of aliphatic hydroxyl groups excluding tert-OH is 1. The van der Waals surface area contributed by atoms with Crippen LogP contribution in [0.25, 0.3) is 5.76 Å². The van der Waals surface area contributed by atoms with Crippen molar-refractivity contribution < 1.29 is 28.9 Å². The molecule has 4 rings (SSSR count). The molecule has 0 saturated carbocycles. The fraction of sp³-hybridized carbons (Fsp3) is 0.267. The number of ketones is 1. The second-order valence-electron chi connectivity index (χ2n) is 8.98. The Hall–Kier alpha value is -4.26. The average molecular weight is 502 g/mol. The number of rotatable bonds is 9. The molecule has 37 heavy (non-hydrogen) atoms. The highest BCUT2D eigenvalue weighted by Crippen LogP contribution is 2.41. The molecule has 1 N–H and O–H groups in total. The summed E-state index contributed by atoms with van der Waals surface area (Å²) in [4.78, 5) is 28.2. The van der Waals surface area contributed by atoms with E-state index in [9.17, 15) is 14.7 Å². The molecule has 0 bridgehead atoms. The molecule has 0 aromatic heterocycles. The quantitative estimate of drug-likeness (QED) is 0.237. The highest BCUT2D eigenvalue weighted by molar-refractivity contribution is 6.46. The van der Waals surface area contributed by atoms with E-state index in [1.54, 1.807) is 55.6 Å². The second-order valence-corrected chi connectivity index (χ2v) is 8.98. The second kappa shape index (κ2) is 11.2. The number of methoxy groups -OCH3 is 1. The molecular formula is C30H31NO6. The maximum Gasteiger partial charge on any atom is 0.295 e. The molecule has 3 aromatic rings. The van der Waals surface area contributed by atoms with Crippen LogP contribution in [-0.2, 0) is 16.1 Å². The van der Waals surface area contributed by atoms with Crippen LogP contribution in [0, 0.1) is 0 Å². The zero-order valence-corrected chi connectivity index (χ0v) is 21.4. The Labute approximate surface area is 216 Å². The lowest BCUT2D eigenvalue weighted by molar-refractivity contribution is -0.140. The predicted molar refractivity (Wildman–Crippen MR) is 141 cm³/mol. The predicted octanol–water partition coefficient (Wildman–Crippen LogP) is 5.50. The maximum absolute atomic E-state index is 13.4. The first kappa shape index (κ1) is 25.8. The fourth-order valence-electron chi connectivity index (χ4n) is 4.42. The lowest BCUT2D eigenvalue weighted by Gasteiger charge is -2.26. The largest absolute Gasteiger partial charge is 0.507 e. The van der Waals surface area contributed by atoms with Crippen molar-refractivity contribution in [1.29, 1.82) is 0 Å². The van der Waals surface area contributed by atoms with Gasteiger partial charge in [-0.15, -0.1) is 0 Å². The van der Waals surface area contributed by atoms with Gasteiger partial charge in [-0.3, -0.25) is 9.59 Å². The van der Waals surface area contributed by atoms with E-state index in [4.69, 9.17) is 14.2 Å². The zero-order valence-electron chi connectivity index (χ0n) is 21.4. The van der Waals surface area contributed by atoms with Crippen LogP contribution in [0.5, 0.6) is 17.2 Å². The Morgan fingerprint density at radius 1 is 0.946 bits per heavy atom. The Kier molecular flexibility index (Phi) is 7.82. The summed E-state index contributed by atoms with van der Waals surface area (Å²) in [6.07, 6.45) is -0.0604. The number of hydrogen-bond donors (Lipinski definition) is 1. The number of Topliss-reactive ketones (excluding diaryl/α,β-unsaturated/α-hetero) is 1. The summed E-state index contributed by atoms with van der Waals surface area (Å²) in [5.74, 6) is 0.206. The molecule has 1 saturated heterocycles. The highest BCUT2D eigenvalue weighted by Gasteiger charge is 2.46. The van der Waals surface area contributed by atoms with Gasteiger partial charge in [-0.05, 0) is 68.3 Å². The molecule has 0 spiro atoms. The van der Waals surface area contributed by atoms with Crippen LogP contribution in [0.2, 0.25) is 0 Å². The summed E-state index contributed by atoms with van der Waals surface area (Å²) in [7, 11) is 1.57. The third-order valence-corrected chi connectivity index (χ3v) is 6.01. The van der Waals surface area contributed by atoms with Crippen LogP contribution >= 0.6 is 0 Å². The van der Waals surface area contributed by atoms with E-state index in [0.717, 1.165) is 5.56 Å². The van der Waals surface area contributed by atoms with Gasteiger partial charge in [-0.2, -0.15) is 0 Å². The van der Waals surface area contributed by atoms with Crippen molar-refractivity contribution in [2.45, 2.75) is 39.5 Å². The summed E-state index contributed by atoms with van der Waals surface area (Å²) in [6, 6.07) is 20.6. The maximum atomic E-state index is 13.4. The molecule has 1 atom stereocenters. The first-order valence-corrected chi connectivity index (χ1v) is 12.2. The Balaban J connectivity index is 1.81. The number of carbonyl (C=O) groups excluding carboxylic acids is 2. The molecule has 1 unspecified atom stereocenters. The van der Waals surface area contributed by atoms with Gasteiger partial charge in [-0.1, -0.05) is 36.4 Å². The van der Waals surface area contributed by atoms with E-state index in [0.29, 0.717) is 35.0 Å². The van der Waals surface area contributed by atoms with Crippen molar-refractivity contribution in [2.24, 2.45) is 0 Å². The van der Waals surface area contributed by atoms with Gasteiger partial charge in [0.15, 0.2) is 0 Å². The van der Waals surface area contributed by atoms with Crippen LogP contribution in [0.15, 0.2) is 78.4 Å². The lowest BCUT2D eigenvalue weighted by atomic mass is 9.95. The first-order chi connectivity index (χ1) is 17.8. The van der Waals surface area contributed by atoms with Crippen LogP contribution in [-0.4, -0.2) is 41.5 Å². The van der Waals surface area contributed by atoms with Gasteiger partial charge in [0.1, 0.15) is 23.0 Å². The number of benzene rings is 3. The van der Waals surface area contributed by atoms with Crippen LogP contribution in [0.4, 0.5) is 0 Å². The molecule has 1 amide bonds. The van der Waals surface area contributed by atoms with Gasteiger partial charge in [0.25, 0.3) is 11.7 Å². The topological polar surface area (TPSA) is 85.3 Å². The number of likely N-dealkylation sites (tertiary alicyclic amines) is 1. The number of aliphatic hydroxyl groups is 1. The van der Waals surface area contributed by atoms with Crippen molar-refractivity contribution in [3.8, 4) is 17.2 Å². The Morgan fingerprint density at radius 3 is 2.32 bits per heavy atom. The van der Waals surface area contributed by atoms with Crippen LogP contribution in [0.3, 0.4) is 0 Å². The standard InChI is InChI=1S/C30H31NO6/c1-5-36-24-10-6-8-20(16-24)18-31-27(21-12-14-23(35-4)15-13-21)26(29(33)30(31)34)28(32)22-9-7-11-25(17-22)37-19(2)3/h6-17,19,27,32H,5,18H2,1-4H3/b28-26-. The smallest absolute Gasteiger partial charge is 0.295 e. The van der Waals surface area contributed by atoms with Gasteiger partial charge in [0, 0.05) is 12.1 Å². The lowest BCUT2D eigenvalue weighted by Crippen LogP contribution is -2.29. The van der Waals surface area contributed by atoms with Gasteiger partial charge in [0.05, 0.1) is 31.4 Å². The van der Waals surface area contributed by atoms with Gasteiger partial charge >= 0.3 is 0 Å². The van der Waals surface area contributed by atoms with E-state index in [2.05, 4.69) is 0 Å². The molecule has 3 aromatic carbocycles. The van der Waals surface area contributed by atoms with Gasteiger partial charge in [-0.25, -0.2) is 0 Å². The van der Waals surface area contributed by atoms with Gasteiger partial charge in [0.2, 0.25) is 0 Å². The van der Waals surface area contributed by atoms with Crippen LogP contribution in [0.1, 0.15) is 43.5 Å². The summed E-state index contributed by atoms with van der Waals surface area (Å²) in [5, 5.41) is 11.4. The first-order valence-electron chi connectivity index (χ1n) is 12.2. The number of nitrogens with zero attached hydrogens (tertiary/aromatic N) is 1. The highest BCUT2D eigenvalue weighted by atomic mass is 16.5. The molecule has 0 radical (unpaired) electrons. The molecule has 1 heterocycles. The van der Waals surface area contributed by atoms with E-state index >= 15 is 0 Å². The van der Waals surface area contributed by atoms with E-state index in [1.165, 1.54) is 4.90 Å². The van der Waals surface area contributed by atoms with E-state index in [1.807, 2.05) is 45.0 Å². The molecular weight excluding hydrogens is 470 g/mol. The number of ether oxygens (including phenoxy) is 3. The number of amides is 1. The molecule has 0 aliphatic carbocycles. The minimum Gasteiger partial charge on any atom is -0.507 e. The molecule has 7 heteroatoms. The molecule has 7 nitrogen and oxygen atoms in total. The molecule has 1 aliphatic heterocycles. The van der Waals surface area contributed by atoms with Crippen molar-refractivity contribution in [2.75, 3.05) is 13.7 Å². The van der Waals surface area contributed by atoms with Crippen molar-refractivity contribution >= 4 is 17.4 Å². The summed E-state index contributed by atoms with van der Waals surface area (Å²) >= 11 is 0. The minimum atomic E-state index is -0.795. The fourth-order valence-corrected chi connectivity index (χ4v) is 4.42. The third kappa shape index (κ3) is 5.61. The van der Waals surface area contributed by atoms with Crippen molar-refractivity contribution in [3.05, 3.63) is 95.1 Å². The van der Waals surface area contributed by atoms with Gasteiger partial charge < -0.3 is 24.2 Å². The van der Waals surface area contributed by atoms with E-state index in [-0.39, 0.29) is 24.0 Å². The summed E-state index contributed by atoms with van der Waals surface area (Å²) < 4.78 is 16.7. The number of hydrogen-bond acceptors (Lipinski definition) is 6.